The molecule has 1 aromatic heterocycles. The molecule has 21 heavy (non-hydrogen) atoms. The Labute approximate surface area is 122 Å². The van der Waals surface area contributed by atoms with E-state index in [-0.39, 0.29) is 5.82 Å². The zero-order valence-corrected chi connectivity index (χ0v) is 12.0. The van der Waals surface area contributed by atoms with Crippen molar-refractivity contribution in [1.29, 1.82) is 0 Å². The molecule has 7 heteroatoms. The number of nitrogens with one attached hydrogen (secondary N) is 1. The fraction of sp³-hybridized carbons (Fsp3) is 0.500. The third-order valence-corrected chi connectivity index (χ3v) is 3.96. The van der Waals surface area contributed by atoms with E-state index in [1.165, 1.54) is 17.1 Å². The lowest BCUT2D eigenvalue weighted by molar-refractivity contribution is 0.229. The van der Waals surface area contributed by atoms with Gasteiger partial charge >= 0.3 is 0 Å². The summed E-state index contributed by atoms with van der Waals surface area (Å²) in [6.45, 7) is 5.36. The number of rotatable bonds is 4. The Morgan fingerprint density at radius 2 is 2.14 bits per heavy atom. The zero-order chi connectivity index (χ0) is 14.7. The highest BCUT2D eigenvalue weighted by Crippen LogP contribution is 2.22. The summed E-state index contributed by atoms with van der Waals surface area (Å²) in [4.78, 5) is 2.41. The number of halogens is 1. The molecule has 1 saturated heterocycles. The summed E-state index contributed by atoms with van der Waals surface area (Å²) in [5.41, 5.74) is 1.26. The van der Waals surface area contributed by atoms with Crippen molar-refractivity contribution in [1.82, 2.24) is 25.1 Å². The molecule has 0 bridgehead atoms. The zero-order valence-electron chi connectivity index (χ0n) is 12.0. The quantitative estimate of drug-likeness (QED) is 0.928. The van der Waals surface area contributed by atoms with Crippen molar-refractivity contribution >= 4 is 5.69 Å². The normalized spacial score (nSPS) is 17.0. The van der Waals surface area contributed by atoms with Gasteiger partial charge in [-0.2, -0.15) is 0 Å². The second kappa shape index (κ2) is 6.17. The van der Waals surface area contributed by atoms with Gasteiger partial charge in [0.2, 0.25) is 0 Å². The van der Waals surface area contributed by atoms with Gasteiger partial charge in [0.25, 0.3) is 0 Å². The minimum absolute atomic E-state index is 0.246. The molecule has 1 N–H and O–H groups in total. The Bertz CT molecular complexity index is 577. The summed E-state index contributed by atoms with van der Waals surface area (Å²) in [7, 11) is 0. The maximum Gasteiger partial charge on any atom is 0.146 e. The summed E-state index contributed by atoms with van der Waals surface area (Å²) in [5.74, 6) is -0.246. The Balaban J connectivity index is 1.72. The highest BCUT2D eigenvalue weighted by atomic mass is 19.1. The Morgan fingerprint density at radius 1 is 1.33 bits per heavy atom. The second-order valence-electron chi connectivity index (χ2n) is 5.27. The molecule has 3 rings (SSSR count). The molecule has 0 unspecified atom stereocenters. The average Bonchev–Trinajstić information content (AvgIpc) is 3.04. The van der Waals surface area contributed by atoms with E-state index in [9.17, 15) is 4.39 Å². The Kier molecular flexibility index (Phi) is 4.10. The third kappa shape index (κ3) is 3.18. The second-order valence-corrected chi connectivity index (χ2v) is 5.27. The van der Waals surface area contributed by atoms with Crippen LogP contribution in [0.3, 0.4) is 0 Å². The van der Waals surface area contributed by atoms with Crippen LogP contribution < -0.4 is 5.32 Å². The van der Waals surface area contributed by atoms with Crippen LogP contribution in [0, 0.1) is 5.82 Å². The molecule has 1 aliphatic rings. The largest absolute Gasteiger partial charge is 0.380 e. The molecule has 0 saturated carbocycles. The first kappa shape index (κ1) is 13.9. The molecule has 2 aromatic rings. The average molecular weight is 290 g/mol. The Hall–Kier alpha value is -2.02. The molecule has 0 amide bonds. The molecule has 1 aliphatic heterocycles. The van der Waals surface area contributed by atoms with Gasteiger partial charge in [0, 0.05) is 19.1 Å². The van der Waals surface area contributed by atoms with E-state index in [1.807, 2.05) is 0 Å². The van der Waals surface area contributed by atoms with Crippen LogP contribution in [0.1, 0.15) is 19.8 Å². The number of nitrogens with zero attached hydrogens (tertiary/aromatic N) is 5. The van der Waals surface area contributed by atoms with Gasteiger partial charge in [-0.05, 0) is 48.0 Å². The number of aromatic nitrogens is 4. The van der Waals surface area contributed by atoms with E-state index in [4.69, 9.17) is 0 Å². The number of likely N-dealkylation sites (tertiary alicyclic amines) is 1. The predicted molar refractivity (Wildman–Crippen MR) is 77.9 cm³/mol. The number of hydrogen-bond donors (Lipinski definition) is 1. The van der Waals surface area contributed by atoms with E-state index in [1.54, 1.807) is 12.1 Å². The highest BCUT2D eigenvalue weighted by molar-refractivity contribution is 5.52. The predicted octanol–water partition coefficient (Wildman–Crippen LogP) is 1.70. The van der Waals surface area contributed by atoms with Crippen LogP contribution >= 0.6 is 0 Å². The van der Waals surface area contributed by atoms with E-state index in [2.05, 4.69) is 32.7 Å². The first-order valence-corrected chi connectivity index (χ1v) is 7.28. The molecule has 112 valence electrons. The fourth-order valence-corrected chi connectivity index (χ4v) is 2.66. The van der Waals surface area contributed by atoms with Crippen LogP contribution in [0.5, 0.6) is 0 Å². The molecule has 0 radical (unpaired) electrons. The van der Waals surface area contributed by atoms with Crippen molar-refractivity contribution in [2.24, 2.45) is 0 Å². The lowest BCUT2D eigenvalue weighted by atomic mass is 10.0. The van der Waals surface area contributed by atoms with Gasteiger partial charge < -0.3 is 10.2 Å². The van der Waals surface area contributed by atoms with Crippen molar-refractivity contribution in [3.63, 3.8) is 0 Å². The summed E-state index contributed by atoms with van der Waals surface area (Å²) < 4.78 is 15.5. The maximum atomic E-state index is 14.0. The summed E-state index contributed by atoms with van der Waals surface area (Å²) in [6.07, 6.45) is 3.56. The van der Waals surface area contributed by atoms with Crippen LogP contribution in [-0.4, -0.2) is 50.8 Å². The molecule has 1 aromatic carbocycles. The summed E-state index contributed by atoms with van der Waals surface area (Å²) >= 11 is 0. The van der Waals surface area contributed by atoms with Crippen molar-refractivity contribution in [2.75, 3.05) is 25.0 Å². The number of piperidine rings is 1. The van der Waals surface area contributed by atoms with Crippen LogP contribution in [0.25, 0.3) is 5.69 Å². The van der Waals surface area contributed by atoms with Gasteiger partial charge in [0.05, 0.1) is 11.4 Å². The topological polar surface area (TPSA) is 58.9 Å². The minimum Gasteiger partial charge on any atom is -0.380 e. The van der Waals surface area contributed by atoms with Gasteiger partial charge in [-0.15, -0.1) is 5.10 Å². The van der Waals surface area contributed by atoms with E-state index in [0.717, 1.165) is 38.2 Å². The standard InChI is InChI=1S/C14H19FN6/c1-2-20-7-5-11(6-8-20)17-14-9-12(3-4-13(14)15)21-10-16-18-19-21/h3-4,9-11,17H,2,5-8H2,1H3. The molecule has 1 fully saturated rings. The number of hydrogen-bond acceptors (Lipinski definition) is 5. The van der Waals surface area contributed by atoms with E-state index >= 15 is 0 Å². The summed E-state index contributed by atoms with van der Waals surface area (Å²) in [5, 5.41) is 14.3. The van der Waals surface area contributed by atoms with Gasteiger partial charge in [-0.25, -0.2) is 9.07 Å². The van der Waals surface area contributed by atoms with Crippen molar-refractivity contribution in [2.45, 2.75) is 25.8 Å². The monoisotopic (exact) mass is 290 g/mol. The lowest BCUT2D eigenvalue weighted by Gasteiger charge is -2.32. The molecule has 0 aliphatic carbocycles. The molecule has 0 spiro atoms. The smallest absolute Gasteiger partial charge is 0.146 e. The fourth-order valence-electron chi connectivity index (χ4n) is 2.66. The first-order valence-electron chi connectivity index (χ1n) is 7.28. The van der Waals surface area contributed by atoms with Crippen molar-refractivity contribution in [3.8, 4) is 5.69 Å². The SMILES string of the molecule is CCN1CCC(Nc2cc(-n3cnnn3)ccc2F)CC1. The van der Waals surface area contributed by atoms with Gasteiger partial charge in [0.15, 0.2) is 0 Å². The van der Waals surface area contributed by atoms with Crippen LogP contribution in [-0.2, 0) is 0 Å². The van der Waals surface area contributed by atoms with E-state index in [0.29, 0.717) is 11.7 Å². The van der Waals surface area contributed by atoms with Crippen LogP contribution in [0.4, 0.5) is 10.1 Å². The van der Waals surface area contributed by atoms with Gasteiger partial charge in [0.1, 0.15) is 12.1 Å². The Morgan fingerprint density at radius 3 is 2.81 bits per heavy atom. The molecular formula is C14H19FN6. The molecular weight excluding hydrogens is 271 g/mol. The number of anilines is 1. The van der Waals surface area contributed by atoms with Crippen LogP contribution in [0.2, 0.25) is 0 Å². The van der Waals surface area contributed by atoms with Gasteiger partial charge in [-0.3, -0.25) is 0 Å². The number of benzene rings is 1. The summed E-state index contributed by atoms with van der Waals surface area (Å²) in [6, 6.07) is 5.17. The van der Waals surface area contributed by atoms with E-state index < -0.39 is 0 Å². The molecule has 6 nitrogen and oxygen atoms in total. The third-order valence-electron chi connectivity index (χ3n) is 3.96. The van der Waals surface area contributed by atoms with Crippen molar-refractivity contribution in [3.05, 3.63) is 30.3 Å². The minimum atomic E-state index is -0.246. The maximum absolute atomic E-state index is 14.0. The van der Waals surface area contributed by atoms with Gasteiger partial charge in [-0.1, -0.05) is 6.92 Å². The molecule has 0 atom stereocenters. The highest BCUT2D eigenvalue weighted by Gasteiger charge is 2.19. The molecule has 2 heterocycles. The van der Waals surface area contributed by atoms with Crippen LogP contribution in [0.15, 0.2) is 24.5 Å². The lowest BCUT2D eigenvalue weighted by Crippen LogP contribution is -2.39. The number of tetrazole rings is 1. The first-order chi connectivity index (χ1) is 10.3. The van der Waals surface area contributed by atoms with Crippen molar-refractivity contribution < 1.29 is 4.39 Å².